The van der Waals surface area contributed by atoms with Gasteiger partial charge in [-0.3, -0.25) is 9.80 Å². The van der Waals surface area contributed by atoms with Gasteiger partial charge in [0.2, 0.25) is 0 Å². The van der Waals surface area contributed by atoms with Crippen molar-refractivity contribution >= 4 is 52.1 Å². The third-order valence-corrected chi connectivity index (χ3v) is 8.10. The van der Waals surface area contributed by atoms with Gasteiger partial charge in [0.15, 0.2) is 0 Å². The van der Waals surface area contributed by atoms with E-state index in [1.165, 1.54) is 0 Å². The first kappa shape index (κ1) is 27.0. The van der Waals surface area contributed by atoms with Gasteiger partial charge < -0.3 is 10.1 Å². The topological polar surface area (TPSA) is 53.9 Å². The van der Waals surface area contributed by atoms with Gasteiger partial charge in [-0.15, -0.1) is 0 Å². The minimum absolute atomic E-state index is 0.0425. The Bertz CT molecular complexity index is 1300. The summed E-state index contributed by atoms with van der Waals surface area (Å²) in [5, 5.41) is 11.6. The molecule has 0 spiro atoms. The van der Waals surface area contributed by atoms with Crippen LogP contribution in [-0.4, -0.2) is 23.8 Å². The Hall–Kier alpha value is -2.57. The molecule has 1 heterocycles. The standard InChI is InChI=1S/C30H30Cl3N3O2/c1-19-28(30(37)34-25-9-5-6-10-27(25)38-18-20-7-3-2-4-8-20)35-36(26-16-15-23(32)17-24(26)33)29(19)21-11-13-22(31)14-12-21/h2-4,7-8,11-17,19,25,27,29H,5-6,9-10,18H2,1H3,(H,34,37)/t19-,25-,27-,29+/m1/s1. The molecule has 3 aromatic carbocycles. The highest BCUT2D eigenvalue weighted by Gasteiger charge is 2.41. The Kier molecular flexibility index (Phi) is 8.59. The second-order valence-corrected chi connectivity index (χ2v) is 11.2. The summed E-state index contributed by atoms with van der Waals surface area (Å²) in [6.07, 6.45) is 3.89. The Morgan fingerprint density at radius 2 is 1.68 bits per heavy atom. The van der Waals surface area contributed by atoms with E-state index in [-0.39, 0.29) is 30.0 Å². The molecule has 1 amide bonds. The van der Waals surface area contributed by atoms with Crippen molar-refractivity contribution in [1.82, 2.24) is 5.32 Å². The van der Waals surface area contributed by atoms with E-state index < -0.39 is 0 Å². The molecular formula is C30H30Cl3N3O2. The average molecular weight is 571 g/mol. The predicted molar refractivity (Wildman–Crippen MR) is 155 cm³/mol. The molecule has 1 fully saturated rings. The molecule has 38 heavy (non-hydrogen) atoms. The monoisotopic (exact) mass is 569 g/mol. The molecule has 4 atom stereocenters. The van der Waals surface area contributed by atoms with Crippen molar-refractivity contribution in [3.05, 3.63) is 99.0 Å². The summed E-state index contributed by atoms with van der Waals surface area (Å²) < 4.78 is 6.28. The first-order valence-corrected chi connectivity index (χ1v) is 14.1. The number of hydrogen-bond donors (Lipinski definition) is 1. The normalized spacial score (nSPS) is 23.3. The van der Waals surface area contributed by atoms with Crippen LogP contribution in [-0.2, 0) is 16.1 Å². The van der Waals surface area contributed by atoms with E-state index in [2.05, 4.69) is 17.4 Å². The van der Waals surface area contributed by atoms with Crippen molar-refractivity contribution in [3.63, 3.8) is 0 Å². The van der Waals surface area contributed by atoms with E-state index >= 15 is 0 Å². The molecule has 0 unspecified atom stereocenters. The fraction of sp³-hybridized carbons (Fsp3) is 0.333. The van der Waals surface area contributed by atoms with E-state index in [0.717, 1.165) is 36.8 Å². The van der Waals surface area contributed by atoms with Gasteiger partial charge in [0.1, 0.15) is 5.71 Å². The van der Waals surface area contributed by atoms with E-state index in [4.69, 9.17) is 44.6 Å². The van der Waals surface area contributed by atoms with Gasteiger partial charge in [-0.1, -0.05) is 97.0 Å². The number of halogens is 3. The summed E-state index contributed by atoms with van der Waals surface area (Å²) in [6, 6.07) is 22.7. The molecule has 0 aromatic heterocycles. The summed E-state index contributed by atoms with van der Waals surface area (Å²) in [4.78, 5) is 13.7. The number of benzene rings is 3. The van der Waals surface area contributed by atoms with E-state index in [1.807, 2.05) is 60.5 Å². The lowest BCUT2D eigenvalue weighted by Gasteiger charge is -2.32. The van der Waals surface area contributed by atoms with Crippen LogP contribution in [0, 0.1) is 5.92 Å². The maximum absolute atomic E-state index is 13.7. The lowest BCUT2D eigenvalue weighted by Crippen LogP contribution is -2.49. The third-order valence-electron chi connectivity index (χ3n) is 7.31. The second-order valence-electron chi connectivity index (χ2n) is 9.91. The predicted octanol–water partition coefficient (Wildman–Crippen LogP) is 7.84. The van der Waals surface area contributed by atoms with Crippen LogP contribution in [0.5, 0.6) is 0 Å². The number of amides is 1. The van der Waals surface area contributed by atoms with Crippen molar-refractivity contribution in [3.8, 4) is 0 Å². The number of anilines is 1. The highest BCUT2D eigenvalue weighted by molar-refractivity contribution is 6.41. The number of rotatable bonds is 7. The SMILES string of the molecule is C[C@@H]1C(C(=O)N[C@@H]2CCCC[C@H]2OCc2ccccc2)=NN(c2ccc(Cl)cc2Cl)[C@@H]1c1ccc(Cl)cc1. The summed E-state index contributed by atoms with van der Waals surface area (Å²) in [7, 11) is 0. The molecule has 5 rings (SSSR count). The largest absolute Gasteiger partial charge is 0.371 e. The molecule has 0 radical (unpaired) electrons. The zero-order valence-corrected chi connectivity index (χ0v) is 23.4. The molecular weight excluding hydrogens is 541 g/mol. The number of hydrogen-bond acceptors (Lipinski definition) is 4. The first-order chi connectivity index (χ1) is 18.4. The molecule has 0 saturated heterocycles. The first-order valence-electron chi connectivity index (χ1n) is 13.0. The van der Waals surface area contributed by atoms with Crippen molar-refractivity contribution in [2.75, 3.05) is 5.01 Å². The van der Waals surface area contributed by atoms with E-state index in [1.54, 1.807) is 12.1 Å². The highest BCUT2D eigenvalue weighted by atomic mass is 35.5. The van der Waals surface area contributed by atoms with Crippen LogP contribution >= 0.6 is 34.8 Å². The van der Waals surface area contributed by atoms with Gasteiger partial charge in [0, 0.05) is 16.0 Å². The molecule has 2 aliphatic rings. The zero-order chi connectivity index (χ0) is 26.6. The Morgan fingerprint density at radius 1 is 0.974 bits per heavy atom. The molecule has 3 aromatic rings. The van der Waals surface area contributed by atoms with Gasteiger partial charge in [0.05, 0.1) is 35.5 Å². The fourth-order valence-corrected chi connectivity index (χ4v) is 5.95. The lowest BCUT2D eigenvalue weighted by atomic mass is 9.89. The highest BCUT2D eigenvalue weighted by Crippen LogP contribution is 2.42. The van der Waals surface area contributed by atoms with Gasteiger partial charge in [-0.2, -0.15) is 5.10 Å². The van der Waals surface area contributed by atoms with Crippen molar-refractivity contribution in [2.45, 2.75) is 57.4 Å². The molecule has 198 valence electrons. The molecule has 0 bridgehead atoms. The molecule has 1 saturated carbocycles. The minimum Gasteiger partial charge on any atom is -0.371 e. The Morgan fingerprint density at radius 3 is 2.42 bits per heavy atom. The molecule has 1 aliphatic heterocycles. The maximum atomic E-state index is 13.7. The number of nitrogens with one attached hydrogen (secondary N) is 1. The van der Waals surface area contributed by atoms with Crippen LogP contribution in [0.3, 0.4) is 0 Å². The minimum atomic E-state index is -0.233. The van der Waals surface area contributed by atoms with Crippen molar-refractivity contribution in [1.29, 1.82) is 0 Å². The van der Waals surface area contributed by atoms with Crippen molar-refractivity contribution in [2.24, 2.45) is 11.0 Å². The number of ether oxygens (including phenoxy) is 1. The molecule has 1 aliphatic carbocycles. The van der Waals surface area contributed by atoms with Gasteiger partial charge in [-0.25, -0.2) is 0 Å². The van der Waals surface area contributed by atoms with Gasteiger partial charge >= 0.3 is 0 Å². The van der Waals surface area contributed by atoms with Crippen LogP contribution in [0.4, 0.5) is 5.69 Å². The van der Waals surface area contributed by atoms with Crippen molar-refractivity contribution < 1.29 is 9.53 Å². The Labute approximate surface area is 238 Å². The molecule has 5 nitrogen and oxygen atoms in total. The zero-order valence-electron chi connectivity index (χ0n) is 21.1. The summed E-state index contributed by atoms with van der Waals surface area (Å²) in [5.41, 5.74) is 3.26. The van der Waals surface area contributed by atoms with E-state index in [0.29, 0.717) is 33.1 Å². The quantitative estimate of drug-likeness (QED) is 0.315. The maximum Gasteiger partial charge on any atom is 0.268 e. The lowest BCUT2D eigenvalue weighted by molar-refractivity contribution is -0.117. The van der Waals surface area contributed by atoms with Crippen LogP contribution < -0.4 is 10.3 Å². The number of nitrogens with zero attached hydrogens (tertiary/aromatic N) is 2. The summed E-state index contributed by atoms with van der Waals surface area (Å²) in [6.45, 7) is 2.54. The molecule has 1 N–H and O–H groups in total. The van der Waals surface area contributed by atoms with E-state index in [9.17, 15) is 4.79 Å². The van der Waals surface area contributed by atoms with Crippen LogP contribution in [0.1, 0.15) is 49.8 Å². The number of carbonyl (C=O) groups excluding carboxylic acids is 1. The second kappa shape index (κ2) is 12.1. The average Bonchev–Trinajstić information content (AvgIpc) is 3.26. The smallest absolute Gasteiger partial charge is 0.268 e. The van der Waals surface area contributed by atoms with Gasteiger partial charge in [-0.05, 0) is 54.3 Å². The third kappa shape index (κ3) is 6.02. The number of hydrazone groups is 1. The molecule has 8 heteroatoms. The Balaban J connectivity index is 1.38. The summed E-state index contributed by atoms with van der Waals surface area (Å²) in [5.74, 6) is -0.376. The van der Waals surface area contributed by atoms with Crippen LogP contribution in [0.15, 0.2) is 77.9 Å². The fourth-order valence-electron chi connectivity index (χ4n) is 5.32. The number of carbonyl (C=O) groups is 1. The summed E-state index contributed by atoms with van der Waals surface area (Å²) >= 11 is 18.9. The van der Waals surface area contributed by atoms with Crippen LogP contribution in [0.25, 0.3) is 0 Å². The van der Waals surface area contributed by atoms with Crippen LogP contribution in [0.2, 0.25) is 15.1 Å². The van der Waals surface area contributed by atoms with Gasteiger partial charge in [0.25, 0.3) is 5.91 Å².